The molecular weight excluding hydrogens is 222 g/mol. The Kier molecular flexibility index (Phi) is 3.48. The van der Waals surface area contributed by atoms with E-state index in [-0.39, 0.29) is 11.5 Å². The molecule has 0 spiro atoms. The zero-order valence-corrected chi connectivity index (χ0v) is 9.06. The molecule has 0 aromatic carbocycles. The van der Waals surface area contributed by atoms with Crippen LogP contribution in [0.2, 0.25) is 0 Å². The van der Waals surface area contributed by atoms with Gasteiger partial charge < -0.3 is 15.4 Å². The van der Waals surface area contributed by atoms with E-state index in [0.717, 1.165) is 0 Å². The van der Waals surface area contributed by atoms with Crippen LogP contribution in [0, 0.1) is 0 Å². The predicted octanol–water partition coefficient (Wildman–Crippen LogP) is 0.792. The van der Waals surface area contributed by atoms with Crippen LogP contribution < -0.4 is 5.73 Å². The number of nitrogens with two attached hydrogens (primary N) is 1. The lowest BCUT2D eigenvalue weighted by Gasteiger charge is -1.98. The van der Waals surface area contributed by atoms with Crippen molar-refractivity contribution in [3.05, 3.63) is 5.69 Å². The lowest BCUT2D eigenvalue weighted by molar-refractivity contribution is 0.0692. The van der Waals surface area contributed by atoms with Crippen LogP contribution in [0.1, 0.15) is 10.5 Å². The number of carbonyl (C=O) groups is 1. The van der Waals surface area contributed by atoms with Crippen molar-refractivity contribution in [1.82, 2.24) is 9.55 Å². The van der Waals surface area contributed by atoms with E-state index in [2.05, 4.69) is 17.2 Å². The molecule has 0 bridgehead atoms. The van der Waals surface area contributed by atoms with Crippen LogP contribution in [-0.2, 0) is 7.05 Å². The third-order valence-electron chi connectivity index (χ3n) is 1.58. The molecule has 0 atom stereocenters. The van der Waals surface area contributed by atoms with Crippen molar-refractivity contribution < 1.29 is 9.90 Å². The fourth-order valence-electron chi connectivity index (χ4n) is 0.885. The molecule has 5 nitrogen and oxygen atoms in total. The van der Waals surface area contributed by atoms with Gasteiger partial charge in [0, 0.05) is 12.8 Å². The maximum atomic E-state index is 10.7. The summed E-state index contributed by atoms with van der Waals surface area (Å²) in [5.74, 6) is -0.365. The molecule has 0 saturated carbocycles. The highest BCUT2D eigenvalue weighted by atomic mass is 32.2. The Morgan fingerprint density at radius 1 is 1.86 bits per heavy atom. The number of nitrogen functional groups attached to an aromatic ring is 1. The van der Waals surface area contributed by atoms with Gasteiger partial charge in [0.15, 0.2) is 10.9 Å². The quantitative estimate of drug-likeness (QED) is 0.589. The largest absolute Gasteiger partial charge is 0.476 e. The smallest absolute Gasteiger partial charge is 0.358 e. The minimum absolute atomic E-state index is 0.112. The van der Waals surface area contributed by atoms with Gasteiger partial charge in [-0.25, -0.2) is 9.78 Å². The van der Waals surface area contributed by atoms with Gasteiger partial charge in [-0.2, -0.15) is 0 Å². The van der Waals surface area contributed by atoms with Crippen LogP contribution in [0.3, 0.4) is 0 Å². The standard InChI is InChI=1S/C7H9N3O2S2/c1-10-5(8)4(6(11)12)9-7(10)14-3-2-13/h2H,3,8H2,1H3,(H,11,12). The number of nitrogens with zero attached hydrogens (tertiary/aromatic N) is 2. The van der Waals surface area contributed by atoms with Gasteiger partial charge >= 0.3 is 5.97 Å². The van der Waals surface area contributed by atoms with Crippen LogP contribution >= 0.6 is 24.0 Å². The van der Waals surface area contributed by atoms with Crippen LogP contribution in [0.5, 0.6) is 0 Å². The second-order valence-electron chi connectivity index (χ2n) is 2.47. The van der Waals surface area contributed by atoms with E-state index >= 15 is 0 Å². The molecule has 1 rings (SSSR count). The second kappa shape index (κ2) is 4.43. The van der Waals surface area contributed by atoms with Gasteiger partial charge in [0.05, 0.1) is 0 Å². The molecule has 0 radical (unpaired) electrons. The van der Waals surface area contributed by atoms with E-state index in [4.69, 9.17) is 10.8 Å². The van der Waals surface area contributed by atoms with E-state index in [0.29, 0.717) is 10.9 Å². The Balaban J connectivity index is 3.02. The Morgan fingerprint density at radius 3 is 2.93 bits per heavy atom. The summed E-state index contributed by atoms with van der Waals surface area (Å²) in [4.78, 5) is 14.5. The van der Waals surface area contributed by atoms with Crippen molar-refractivity contribution in [2.24, 2.45) is 7.05 Å². The molecule has 0 amide bonds. The highest BCUT2D eigenvalue weighted by Gasteiger charge is 2.17. The molecule has 1 heterocycles. The van der Waals surface area contributed by atoms with Crippen molar-refractivity contribution in [3.63, 3.8) is 0 Å². The molecule has 14 heavy (non-hydrogen) atoms. The molecule has 0 unspecified atom stereocenters. The molecule has 1 aromatic rings. The van der Waals surface area contributed by atoms with E-state index in [1.54, 1.807) is 12.4 Å². The summed E-state index contributed by atoms with van der Waals surface area (Å²) in [7, 11) is 1.67. The molecule has 0 aliphatic carbocycles. The molecule has 3 N–H and O–H groups in total. The summed E-state index contributed by atoms with van der Waals surface area (Å²) in [6, 6.07) is 0. The van der Waals surface area contributed by atoms with Gasteiger partial charge in [-0.05, 0) is 5.37 Å². The summed E-state index contributed by atoms with van der Waals surface area (Å²) in [5.41, 5.74) is 5.43. The minimum Gasteiger partial charge on any atom is -0.476 e. The number of aromatic nitrogens is 2. The average molecular weight is 231 g/mol. The van der Waals surface area contributed by atoms with Gasteiger partial charge in [-0.1, -0.05) is 24.0 Å². The summed E-state index contributed by atoms with van der Waals surface area (Å²) in [6.07, 6.45) is 0. The van der Waals surface area contributed by atoms with Crippen molar-refractivity contribution in [1.29, 1.82) is 0 Å². The molecule has 76 valence electrons. The maximum Gasteiger partial charge on any atom is 0.358 e. The van der Waals surface area contributed by atoms with Crippen LogP contribution in [-0.4, -0.2) is 31.7 Å². The summed E-state index contributed by atoms with van der Waals surface area (Å²) in [5, 5.41) is 10.8. The lowest BCUT2D eigenvalue weighted by atomic mass is 10.4. The normalized spacial score (nSPS) is 10.1. The highest BCUT2D eigenvalue weighted by molar-refractivity contribution is 8.00. The van der Waals surface area contributed by atoms with E-state index in [9.17, 15) is 4.79 Å². The third kappa shape index (κ3) is 2.05. The number of rotatable bonds is 4. The summed E-state index contributed by atoms with van der Waals surface area (Å²) in [6.45, 7) is 0. The summed E-state index contributed by atoms with van der Waals surface area (Å²) >= 11 is 6.00. The number of imidazole rings is 1. The molecular formula is C7H9N3O2S2. The van der Waals surface area contributed by atoms with Gasteiger partial charge in [0.1, 0.15) is 5.82 Å². The van der Waals surface area contributed by atoms with Crippen molar-refractivity contribution >= 4 is 41.1 Å². The van der Waals surface area contributed by atoms with E-state index in [1.807, 2.05) is 0 Å². The van der Waals surface area contributed by atoms with Crippen LogP contribution in [0.25, 0.3) is 0 Å². The monoisotopic (exact) mass is 231 g/mol. The number of hydrogen-bond donors (Lipinski definition) is 2. The van der Waals surface area contributed by atoms with Gasteiger partial charge in [0.2, 0.25) is 0 Å². The Hall–Kier alpha value is -1.08. The first kappa shape index (κ1) is 11.0. The first-order valence-corrected chi connectivity index (χ1v) is 5.15. The number of aromatic carboxylic acids is 1. The molecule has 0 aliphatic heterocycles. The SMILES string of the molecule is Cn1c(SCC=S)nc(C(=O)O)c1N. The fourth-order valence-corrected chi connectivity index (χ4v) is 1.75. The Morgan fingerprint density at radius 2 is 2.50 bits per heavy atom. The van der Waals surface area contributed by atoms with Crippen molar-refractivity contribution in [2.45, 2.75) is 5.16 Å². The molecule has 1 aromatic heterocycles. The Bertz CT molecular complexity index is 375. The zero-order valence-electron chi connectivity index (χ0n) is 7.43. The Labute approximate surface area is 90.3 Å². The van der Waals surface area contributed by atoms with Crippen LogP contribution in [0.4, 0.5) is 5.82 Å². The predicted molar refractivity (Wildman–Crippen MR) is 59.0 cm³/mol. The first-order valence-electron chi connectivity index (χ1n) is 3.69. The summed E-state index contributed by atoms with van der Waals surface area (Å²) < 4.78 is 1.53. The van der Waals surface area contributed by atoms with Crippen LogP contribution in [0.15, 0.2) is 5.16 Å². The highest BCUT2D eigenvalue weighted by Crippen LogP contribution is 2.21. The van der Waals surface area contributed by atoms with Gasteiger partial charge in [0.25, 0.3) is 0 Å². The molecule has 7 heteroatoms. The van der Waals surface area contributed by atoms with Crippen molar-refractivity contribution in [3.8, 4) is 0 Å². The lowest BCUT2D eigenvalue weighted by Crippen LogP contribution is -2.03. The van der Waals surface area contributed by atoms with Gasteiger partial charge in [-0.3, -0.25) is 0 Å². The number of carboxylic acid groups (broad SMARTS) is 1. The molecule has 0 saturated heterocycles. The number of thioether (sulfide) groups is 1. The zero-order chi connectivity index (χ0) is 10.7. The second-order valence-corrected chi connectivity index (χ2v) is 3.79. The number of anilines is 1. The van der Waals surface area contributed by atoms with Crippen molar-refractivity contribution in [2.75, 3.05) is 11.5 Å². The maximum absolute atomic E-state index is 10.7. The van der Waals surface area contributed by atoms with Gasteiger partial charge in [-0.15, -0.1) is 0 Å². The number of thiocarbonyl (C=S) groups is 1. The first-order chi connectivity index (χ1) is 6.57. The minimum atomic E-state index is -1.12. The van der Waals surface area contributed by atoms with E-state index < -0.39 is 5.97 Å². The number of hydrogen-bond acceptors (Lipinski definition) is 5. The topological polar surface area (TPSA) is 81.1 Å². The molecule has 0 fully saturated rings. The number of carboxylic acids is 1. The average Bonchev–Trinajstić information content (AvgIpc) is 2.42. The molecule has 0 aliphatic rings. The fraction of sp³-hybridized carbons (Fsp3) is 0.286. The third-order valence-corrected chi connectivity index (χ3v) is 2.92. The van der Waals surface area contributed by atoms with E-state index in [1.165, 1.54) is 16.3 Å².